The molecule has 0 saturated carbocycles. The molecule has 2 aromatic carbocycles. The zero-order chi connectivity index (χ0) is 26.8. The molecule has 6 aromatic rings. The molecule has 0 spiro atoms. The SMILES string of the molecule is CS(=O)(=O)Nc1cc2[nH]c(C(=O)c3cnn4c3[nH]c3cc(Oc5cc(Cl)ccc5Cl)ncc34)cc2cc1F. The Kier molecular flexibility index (Phi) is 5.56. The van der Waals surface area contributed by atoms with Crippen LogP contribution in [0.4, 0.5) is 10.1 Å². The van der Waals surface area contributed by atoms with Gasteiger partial charge in [-0.1, -0.05) is 23.2 Å². The number of halogens is 3. The Balaban J connectivity index is 1.35. The lowest BCUT2D eigenvalue weighted by Gasteiger charge is -2.06. The molecule has 3 N–H and O–H groups in total. The Morgan fingerprint density at radius 2 is 1.89 bits per heavy atom. The maximum atomic E-state index is 14.4. The second kappa shape index (κ2) is 8.72. The Labute approximate surface area is 223 Å². The highest BCUT2D eigenvalue weighted by Gasteiger charge is 2.21. The molecule has 6 rings (SSSR count). The van der Waals surface area contributed by atoms with E-state index in [9.17, 15) is 17.6 Å². The average molecular weight is 573 g/mol. The number of rotatable bonds is 6. The number of carbonyl (C=O) groups is 1. The molecule has 0 aliphatic rings. The van der Waals surface area contributed by atoms with Crippen molar-refractivity contribution in [2.75, 3.05) is 11.0 Å². The van der Waals surface area contributed by atoms with E-state index >= 15 is 0 Å². The zero-order valence-electron chi connectivity index (χ0n) is 19.2. The smallest absolute Gasteiger partial charge is 0.229 e. The number of hydrogen-bond donors (Lipinski definition) is 3. The van der Waals surface area contributed by atoms with E-state index in [-0.39, 0.29) is 22.8 Å². The van der Waals surface area contributed by atoms with Gasteiger partial charge in [-0.25, -0.2) is 22.3 Å². The maximum Gasteiger partial charge on any atom is 0.229 e. The van der Waals surface area contributed by atoms with Crippen LogP contribution in [0.15, 0.2) is 54.9 Å². The van der Waals surface area contributed by atoms with E-state index in [2.05, 4.69) is 24.8 Å². The summed E-state index contributed by atoms with van der Waals surface area (Å²) in [6.07, 6.45) is 3.87. The number of ketones is 1. The topological polar surface area (TPSA) is 134 Å². The van der Waals surface area contributed by atoms with Gasteiger partial charge in [0.1, 0.15) is 22.7 Å². The third-order valence-electron chi connectivity index (χ3n) is 5.71. The molecule has 0 amide bonds. The number of aromatic nitrogens is 5. The predicted molar refractivity (Wildman–Crippen MR) is 142 cm³/mol. The van der Waals surface area contributed by atoms with E-state index in [1.807, 2.05) is 0 Å². The highest BCUT2D eigenvalue weighted by atomic mass is 35.5. The average Bonchev–Trinajstić information content (AvgIpc) is 3.53. The molecule has 38 heavy (non-hydrogen) atoms. The lowest BCUT2D eigenvalue weighted by molar-refractivity contribution is 0.103. The number of imidazole rings is 1. The fourth-order valence-corrected chi connectivity index (χ4v) is 4.94. The Bertz CT molecular complexity index is 2030. The molecule has 0 atom stereocenters. The van der Waals surface area contributed by atoms with Crippen LogP contribution < -0.4 is 9.46 Å². The summed E-state index contributed by atoms with van der Waals surface area (Å²) in [5.41, 5.74) is 2.18. The van der Waals surface area contributed by atoms with Crippen molar-refractivity contribution in [2.24, 2.45) is 0 Å². The first kappa shape index (κ1) is 24.2. The van der Waals surface area contributed by atoms with Gasteiger partial charge in [0, 0.05) is 28.1 Å². The minimum absolute atomic E-state index is 0.169. The highest BCUT2D eigenvalue weighted by molar-refractivity contribution is 7.92. The number of nitrogens with zero attached hydrogens (tertiary/aromatic N) is 3. The van der Waals surface area contributed by atoms with E-state index < -0.39 is 21.6 Å². The van der Waals surface area contributed by atoms with Crippen molar-refractivity contribution in [3.05, 3.63) is 82.0 Å². The zero-order valence-corrected chi connectivity index (χ0v) is 21.5. The molecule has 0 saturated heterocycles. The lowest BCUT2D eigenvalue weighted by atomic mass is 10.1. The largest absolute Gasteiger partial charge is 0.437 e. The normalized spacial score (nSPS) is 12.0. The molecule has 4 heterocycles. The van der Waals surface area contributed by atoms with Crippen LogP contribution in [0.3, 0.4) is 0 Å². The third kappa shape index (κ3) is 4.32. The number of H-pyrrole nitrogens is 2. The second-order valence-electron chi connectivity index (χ2n) is 8.47. The van der Waals surface area contributed by atoms with Gasteiger partial charge in [-0.3, -0.25) is 9.52 Å². The first-order chi connectivity index (χ1) is 18.1. The number of benzene rings is 2. The maximum absolute atomic E-state index is 14.4. The summed E-state index contributed by atoms with van der Waals surface area (Å²) in [6.45, 7) is 0. The third-order valence-corrected chi connectivity index (χ3v) is 6.85. The number of fused-ring (bicyclic) bond motifs is 4. The molecular formula is C24H15Cl2FN6O4S. The molecule has 192 valence electrons. The fourth-order valence-electron chi connectivity index (χ4n) is 4.07. The van der Waals surface area contributed by atoms with Crippen molar-refractivity contribution in [1.82, 2.24) is 24.6 Å². The van der Waals surface area contributed by atoms with Gasteiger partial charge >= 0.3 is 0 Å². The van der Waals surface area contributed by atoms with E-state index in [0.717, 1.165) is 12.3 Å². The number of pyridine rings is 1. The number of sulfonamides is 1. The van der Waals surface area contributed by atoms with Crippen LogP contribution in [0, 0.1) is 5.82 Å². The number of anilines is 1. The van der Waals surface area contributed by atoms with Gasteiger partial charge in [-0.05, 0) is 30.3 Å². The summed E-state index contributed by atoms with van der Waals surface area (Å²) in [5.74, 6) is -0.594. The molecule has 14 heteroatoms. The van der Waals surface area contributed by atoms with Gasteiger partial charge in [0.05, 0.1) is 46.1 Å². The molecule has 10 nitrogen and oxygen atoms in total. The molecule has 0 aliphatic heterocycles. The summed E-state index contributed by atoms with van der Waals surface area (Å²) in [7, 11) is -3.69. The molecule has 0 fully saturated rings. The van der Waals surface area contributed by atoms with Crippen molar-refractivity contribution in [3.8, 4) is 11.6 Å². The summed E-state index contributed by atoms with van der Waals surface area (Å²) in [6, 6.07) is 10.4. The van der Waals surface area contributed by atoms with Crippen LogP contribution in [0.25, 0.3) is 27.6 Å². The number of ether oxygens (including phenoxy) is 1. The number of carbonyl (C=O) groups excluding carboxylic acids is 1. The van der Waals surface area contributed by atoms with Gasteiger partial charge in [-0.15, -0.1) is 0 Å². The van der Waals surface area contributed by atoms with Crippen LogP contribution in [-0.4, -0.2) is 45.0 Å². The van der Waals surface area contributed by atoms with E-state index in [4.69, 9.17) is 27.9 Å². The van der Waals surface area contributed by atoms with Gasteiger partial charge in [-0.2, -0.15) is 5.10 Å². The van der Waals surface area contributed by atoms with Gasteiger partial charge in [0.15, 0.2) is 0 Å². The molecule has 0 aliphatic carbocycles. The van der Waals surface area contributed by atoms with E-state index in [1.54, 1.807) is 24.3 Å². The quantitative estimate of drug-likeness (QED) is 0.224. The Hall–Kier alpha value is -4.13. The summed E-state index contributed by atoms with van der Waals surface area (Å²) in [5, 5.41) is 5.53. The summed E-state index contributed by atoms with van der Waals surface area (Å²) in [4.78, 5) is 23.7. The Morgan fingerprint density at radius 1 is 1.08 bits per heavy atom. The van der Waals surface area contributed by atoms with Crippen molar-refractivity contribution in [1.29, 1.82) is 0 Å². The van der Waals surface area contributed by atoms with Crippen LogP contribution >= 0.6 is 23.2 Å². The van der Waals surface area contributed by atoms with Crippen molar-refractivity contribution >= 4 is 72.3 Å². The van der Waals surface area contributed by atoms with Crippen LogP contribution in [0.2, 0.25) is 10.0 Å². The predicted octanol–water partition coefficient (Wildman–Crippen LogP) is 5.53. The van der Waals surface area contributed by atoms with Crippen molar-refractivity contribution in [2.45, 2.75) is 0 Å². The highest BCUT2D eigenvalue weighted by Crippen LogP contribution is 2.32. The monoisotopic (exact) mass is 572 g/mol. The Morgan fingerprint density at radius 3 is 2.68 bits per heavy atom. The number of aromatic amines is 2. The number of nitrogens with one attached hydrogen (secondary N) is 3. The molecular weight excluding hydrogens is 558 g/mol. The minimum atomic E-state index is -3.69. The van der Waals surface area contributed by atoms with Crippen molar-refractivity contribution in [3.63, 3.8) is 0 Å². The van der Waals surface area contributed by atoms with Gasteiger partial charge in [0.2, 0.25) is 21.7 Å². The summed E-state index contributed by atoms with van der Waals surface area (Å²) < 4.78 is 46.9. The molecule has 0 unspecified atom stereocenters. The second-order valence-corrected chi connectivity index (χ2v) is 11.1. The fraction of sp³-hybridized carbons (Fsp3) is 0.0417. The number of hydrogen-bond acceptors (Lipinski definition) is 6. The van der Waals surface area contributed by atoms with Crippen LogP contribution in [-0.2, 0) is 10.0 Å². The molecule has 0 radical (unpaired) electrons. The first-order valence-electron chi connectivity index (χ1n) is 10.9. The van der Waals surface area contributed by atoms with E-state index in [1.165, 1.54) is 29.0 Å². The van der Waals surface area contributed by atoms with Gasteiger partial charge in [0.25, 0.3) is 0 Å². The van der Waals surface area contributed by atoms with Crippen LogP contribution in [0.5, 0.6) is 11.6 Å². The molecule has 4 aromatic heterocycles. The first-order valence-corrected chi connectivity index (χ1v) is 13.5. The van der Waals surface area contributed by atoms with E-state index in [0.29, 0.717) is 43.4 Å². The lowest BCUT2D eigenvalue weighted by Crippen LogP contribution is -2.10. The standard InChI is InChI=1S/C24H15Cl2FN6O4S/c1-38(35,36)32-17-7-16-11(4-15(17)27)5-19(30-16)23(34)13-9-29-33-20-10-28-22(8-18(20)31-24(13)33)37-21-6-12(25)2-3-14(21)26/h2-10,30-32H,1H3. The summed E-state index contributed by atoms with van der Waals surface area (Å²) >= 11 is 12.2. The molecule has 0 bridgehead atoms. The van der Waals surface area contributed by atoms with Crippen LogP contribution in [0.1, 0.15) is 16.1 Å². The van der Waals surface area contributed by atoms with Gasteiger partial charge < -0.3 is 14.7 Å². The minimum Gasteiger partial charge on any atom is -0.437 e. The van der Waals surface area contributed by atoms with Crippen molar-refractivity contribution < 1.29 is 22.3 Å².